The molecule has 0 spiro atoms. The van der Waals surface area contributed by atoms with Gasteiger partial charge < -0.3 is 19.3 Å². The summed E-state index contributed by atoms with van der Waals surface area (Å²) >= 11 is 0. The molecule has 0 aliphatic carbocycles. The van der Waals surface area contributed by atoms with Crippen molar-refractivity contribution in [3.8, 4) is 11.5 Å². The Bertz CT molecular complexity index is 845. The Balaban J connectivity index is 1.63. The van der Waals surface area contributed by atoms with E-state index >= 15 is 0 Å². The van der Waals surface area contributed by atoms with Crippen molar-refractivity contribution in [2.24, 2.45) is 0 Å². The van der Waals surface area contributed by atoms with Crippen LogP contribution in [0, 0.1) is 6.92 Å². The first-order valence-corrected chi connectivity index (χ1v) is 8.05. The smallest absolute Gasteiger partial charge is 0.241 e. The van der Waals surface area contributed by atoms with Crippen molar-refractivity contribution in [1.29, 1.82) is 0 Å². The van der Waals surface area contributed by atoms with Gasteiger partial charge in [-0.05, 0) is 19.1 Å². The number of aromatic nitrogens is 1. The van der Waals surface area contributed by atoms with Crippen molar-refractivity contribution in [3.63, 3.8) is 0 Å². The molecular formula is C13H13N3O6S. The van der Waals surface area contributed by atoms with Crippen LogP contribution < -0.4 is 19.5 Å². The number of ether oxygens (including phenoxy) is 2. The van der Waals surface area contributed by atoms with Gasteiger partial charge in [0.05, 0.1) is 11.4 Å². The van der Waals surface area contributed by atoms with Crippen LogP contribution in [0.3, 0.4) is 0 Å². The van der Waals surface area contributed by atoms with Gasteiger partial charge >= 0.3 is 0 Å². The van der Waals surface area contributed by atoms with Gasteiger partial charge in [-0.25, -0.2) is 13.1 Å². The van der Waals surface area contributed by atoms with Crippen LogP contribution in [0.15, 0.2) is 33.7 Å². The minimum atomic E-state index is -3.85. The second kappa shape index (κ2) is 5.89. The maximum atomic E-state index is 12.2. The predicted molar refractivity (Wildman–Crippen MR) is 77.6 cm³/mol. The third kappa shape index (κ3) is 3.43. The molecule has 1 aliphatic heterocycles. The molecule has 3 rings (SSSR count). The predicted octanol–water partition coefficient (Wildman–Crippen LogP) is 0.629. The Morgan fingerprint density at radius 1 is 1.26 bits per heavy atom. The summed E-state index contributed by atoms with van der Waals surface area (Å²) in [6.45, 7) is 1.28. The van der Waals surface area contributed by atoms with E-state index in [2.05, 4.69) is 15.2 Å². The Kier molecular flexibility index (Phi) is 3.92. The summed E-state index contributed by atoms with van der Waals surface area (Å²) in [4.78, 5) is 11.7. The number of hydrogen-bond donors (Lipinski definition) is 2. The van der Waals surface area contributed by atoms with Crippen molar-refractivity contribution in [3.05, 3.63) is 30.0 Å². The van der Waals surface area contributed by atoms with E-state index in [1.54, 1.807) is 6.92 Å². The molecule has 10 heteroatoms. The third-order valence-corrected chi connectivity index (χ3v) is 4.37. The van der Waals surface area contributed by atoms with Crippen LogP contribution in [-0.4, -0.2) is 32.8 Å². The summed E-state index contributed by atoms with van der Waals surface area (Å²) in [5.41, 5.74) is 0. The molecule has 2 heterocycles. The van der Waals surface area contributed by atoms with Crippen LogP contribution in [0.2, 0.25) is 0 Å². The van der Waals surface area contributed by atoms with Crippen LogP contribution in [0.1, 0.15) is 5.76 Å². The highest BCUT2D eigenvalue weighted by Gasteiger charge is 2.21. The molecule has 0 atom stereocenters. The molecule has 1 amide bonds. The fraction of sp³-hybridized carbons (Fsp3) is 0.231. The highest BCUT2D eigenvalue weighted by Crippen LogP contribution is 2.33. The van der Waals surface area contributed by atoms with Crippen LogP contribution in [-0.2, 0) is 14.8 Å². The maximum Gasteiger partial charge on any atom is 0.241 e. The number of benzene rings is 1. The summed E-state index contributed by atoms with van der Waals surface area (Å²) in [6.07, 6.45) is 0. The van der Waals surface area contributed by atoms with E-state index in [1.807, 2.05) is 0 Å². The van der Waals surface area contributed by atoms with Gasteiger partial charge in [0, 0.05) is 12.1 Å². The van der Waals surface area contributed by atoms with Gasteiger partial charge in [0.15, 0.2) is 17.3 Å². The van der Waals surface area contributed by atoms with E-state index in [4.69, 9.17) is 14.0 Å². The standard InChI is InChI=1S/C13H13N3O6S/c1-8-4-12(16-22-8)15-13(17)6-14-23(18,19)9-2-3-10-11(5-9)21-7-20-10/h2-5,14H,6-7H2,1H3,(H,15,16,17). The van der Waals surface area contributed by atoms with Gasteiger partial charge in [-0.2, -0.15) is 0 Å². The second-order valence-electron chi connectivity index (χ2n) is 4.71. The van der Waals surface area contributed by atoms with Crippen molar-refractivity contribution < 1.29 is 27.2 Å². The van der Waals surface area contributed by atoms with Gasteiger partial charge in [0.1, 0.15) is 5.76 Å². The van der Waals surface area contributed by atoms with Crippen molar-refractivity contribution >= 4 is 21.7 Å². The molecule has 1 aromatic carbocycles. The summed E-state index contributed by atoms with van der Waals surface area (Å²) in [5.74, 6) is 0.997. The largest absolute Gasteiger partial charge is 0.454 e. The topological polar surface area (TPSA) is 120 Å². The van der Waals surface area contributed by atoms with Crippen molar-refractivity contribution in [1.82, 2.24) is 9.88 Å². The number of hydrogen-bond acceptors (Lipinski definition) is 7. The molecule has 0 fully saturated rings. The molecule has 23 heavy (non-hydrogen) atoms. The number of amides is 1. The molecule has 0 bridgehead atoms. The van der Waals surface area contributed by atoms with Crippen molar-refractivity contribution in [2.45, 2.75) is 11.8 Å². The molecule has 2 N–H and O–H groups in total. The Hall–Kier alpha value is -2.59. The van der Waals surface area contributed by atoms with Gasteiger partial charge in [-0.15, -0.1) is 0 Å². The zero-order chi connectivity index (χ0) is 16.4. The van der Waals surface area contributed by atoms with E-state index in [0.717, 1.165) is 0 Å². The first-order valence-electron chi connectivity index (χ1n) is 6.56. The monoisotopic (exact) mass is 339 g/mol. The Labute approximate surface area is 131 Å². The van der Waals surface area contributed by atoms with Gasteiger partial charge in [0.2, 0.25) is 22.7 Å². The highest BCUT2D eigenvalue weighted by atomic mass is 32.2. The maximum absolute atomic E-state index is 12.2. The minimum Gasteiger partial charge on any atom is -0.454 e. The lowest BCUT2D eigenvalue weighted by Gasteiger charge is -2.07. The first-order chi connectivity index (χ1) is 10.9. The lowest BCUT2D eigenvalue weighted by Crippen LogP contribution is -2.32. The van der Waals surface area contributed by atoms with Crippen LogP contribution in [0.25, 0.3) is 0 Å². The molecule has 1 aromatic heterocycles. The van der Waals surface area contributed by atoms with Gasteiger partial charge in [0.25, 0.3) is 0 Å². The number of aryl methyl sites for hydroxylation is 1. The lowest BCUT2D eigenvalue weighted by molar-refractivity contribution is -0.115. The molecule has 0 radical (unpaired) electrons. The number of carbonyl (C=O) groups excluding carboxylic acids is 1. The third-order valence-electron chi connectivity index (χ3n) is 2.97. The SMILES string of the molecule is Cc1cc(NC(=O)CNS(=O)(=O)c2ccc3c(c2)OCO3)no1. The number of anilines is 1. The summed E-state index contributed by atoms with van der Waals surface area (Å²) in [6, 6.07) is 5.72. The summed E-state index contributed by atoms with van der Waals surface area (Å²) in [5, 5.41) is 6.00. The quantitative estimate of drug-likeness (QED) is 0.819. The molecular weight excluding hydrogens is 326 g/mol. The number of fused-ring (bicyclic) bond motifs is 1. The van der Waals surface area contributed by atoms with Gasteiger partial charge in [-0.1, -0.05) is 5.16 Å². The van der Waals surface area contributed by atoms with Crippen LogP contribution >= 0.6 is 0 Å². The zero-order valence-corrected chi connectivity index (χ0v) is 12.8. The summed E-state index contributed by atoms with van der Waals surface area (Å²) in [7, 11) is -3.85. The molecule has 0 saturated carbocycles. The zero-order valence-electron chi connectivity index (χ0n) is 12.0. The van der Waals surface area contributed by atoms with E-state index < -0.39 is 22.5 Å². The minimum absolute atomic E-state index is 0.0215. The average molecular weight is 339 g/mol. The lowest BCUT2D eigenvalue weighted by atomic mass is 10.3. The molecule has 1 aliphatic rings. The Morgan fingerprint density at radius 3 is 2.78 bits per heavy atom. The highest BCUT2D eigenvalue weighted by molar-refractivity contribution is 7.89. The number of nitrogens with one attached hydrogen (secondary N) is 2. The fourth-order valence-electron chi connectivity index (χ4n) is 1.90. The number of carbonyl (C=O) groups is 1. The number of sulfonamides is 1. The van der Waals surface area contributed by atoms with Crippen LogP contribution in [0.4, 0.5) is 5.82 Å². The first kappa shape index (κ1) is 15.3. The van der Waals surface area contributed by atoms with Gasteiger partial charge in [-0.3, -0.25) is 4.79 Å². The second-order valence-corrected chi connectivity index (χ2v) is 6.48. The van der Waals surface area contributed by atoms with Crippen molar-refractivity contribution in [2.75, 3.05) is 18.7 Å². The normalized spacial score (nSPS) is 13.1. The molecule has 0 saturated heterocycles. The average Bonchev–Trinajstić information content (AvgIpc) is 3.13. The van der Waals surface area contributed by atoms with E-state index in [0.29, 0.717) is 17.3 Å². The van der Waals surface area contributed by atoms with Crippen LogP contribution in [0.5, 0.6) is 11.5 Å². The molecule has 0 unspecified atom stereocenters. The Morgan fingerprint density at radius 2 is 2.04 bits per heavy atom. The fourth-order valence-corrected chi connectivity index (χ4v) is 2.90. The molecule has 2 aromatic rings. The molecule has 9 nitrogen and oxygen atoms in total. The summed E-state index contributed by atoms with van der Waals surface area (Å²) < 4.78 is 41.6. The number of nitrogens with zero attached hydrogens (tertiary/aromatic N) is 1. The molecule has 122 valence electrons. The number of rotatable bonds is 5. The van der Waals surface area contributed by atoms with E-state index in [-0.39, 0.29) is 17.5 Å². The van der Waals surface area contributed by atoms with E-state index in [9.17, 15) is 13.2 Å². The van der Waals surface area contributed by atoms with E-state index in [1.165, 1.54) is 24.3 Å².